The molecule has 1 heteroatoms. The van der Waals surface area contributed by atoms with Crippen LogP contribution in [0.3, 0.4) is 0 Å². The van der Waals surface area contributed by atoms with E-state index in [4.69, 9.17) is 5.11 Å². The molecule has 58 valence electrons. The maximum Gasteiger partial charge on any atom is 0.0468 e. The minimum atomic E-state index is 0.273. The highest BCUT2D eigenvalue weighted by Crippen LogP contribution is 2.04. The minimum Gasteiger partial charge on any atom is -0.396 e. The second-order valence-electron chi connectivity index (χ2n) is 2.37. The largest absolute Gasteiger partial charge is 0.396 e. The molecule has 0 heterocycles. The summed E-state index contributed by atoms with van der Waals surface area (Å²) in [6, 6.07) is 0. The van der Waals surface area contributed by atoms with Gasteiger partial charge in [0.25, 0.3) is 0 Å². The molecular formula is C9H16O. The lowest BCUT2D eigenvalue weighted by Gasteiger charge is -2.04. The molecule has 0 aliphatic heterocycles. The molecule has 0 fully saturated rings. The second-order valence-corrected chi connectivity index (χ2v) is 2.37. The van der Waals surface area contributed by atoms with E-state index in [1.807, 2.05) is 6.92 Å². The van der Waals surface area contributed by atoms with Crippen LogP contribution in [0.1, 0.15) is 33.1 Å². The van der Waals surface area contributed by atoms with Crippen LogP contribution in [-0.2, 0) is 0 Å². The summed E-state index contributed by atoms with van der Waals surface area (Å²) in [6.07, 6.45) is 2.79. The second kappa shape index (κ2) is 6.64. The first-order valence-electron chi connectivity index (χ1n) is 3.91. The first-order valence-corrected chi connectivity index (χ1v) is 3.91. The van der Waals surface area contributed by atoms with Gasteiger partial charge >= 0.3 is 0 Å². The van der Waals surface area contributed by atoms with E-state index in [1.54, 1.807) is 0 Å². The van der Waals surface area contributed by atoms with E-state index in [0.29, 0.717) is 5.92 Å². The summed E-state index contributed by atoms with van der Waals surface area (Å²) in [6.45, 7) is 4.39. The zero-order chi connectivity index (χ0) is 7.82. The Bertz CT molecular complexity index is 114. The number of aliphatic hydroxyl groups is 1. The van der Waals surface area contributed by atoms with Crippen molar-refractivity contribution in [1.29, 1.82) is 0 Å². The van der Waals surface area contributed by atoms with Crippen molar-refractivity contribution in [2.45, 2.75) is 33.1 Å². The van der Waals surface area contributed by atoms with Crippen molar-refractivity contribution in [3.8, 4) is 11.8 Å². The van der Waals surface area contributed by atoms with Gasteiger partial charge in [-0.05, 0) is 5.92 Å². The van der Waals surface area contributed by atoms with E-state index in [-0.39, 0.29) is 6.61 Å². The Hall–Kier alpha value is -0.480. The fourth-order valence-corrected chi connectivity index (χ4v) is 0.679. The zero-order valence-electron chi connectivity index (χ0n) is 6.85. The average molecular weight is 140 g/mol. The van der Waals surface area contributed by atoms with Crippen LogP contribution in [0.15, 0.2) is 0 Å². The van der Waals surface area contributed by atoms with Crippen molar-refractivity contribution in [2.75, 3.05) is 6.61 Å². The van der Waals surface area contributed by atoms with Gasteiger partial charge in [-0.25, -0.2) is 0 Å². The van der Waals surface area contributed by atoms with Crippen LogP contribution in [0, 0.1) is 17.8 Å². The molecule has 10 heavy (non-hydrogen) atoms. The molecule has 0 aromatic carbocycles. The highest BCUT2D eigenvalue weighted by atomic mass is 16.3. The standard InChI is InChI=1S/C9H16O/c1-3-5-6-7-9(4-2)8-10/h9-10H,3-4,7-8H2,1-2H3. The van der Waals surface area contributed by atoms with Crippen molar-refractivity contribution in [1.82, 2.24) is 0 Å². The summed E-state index contributed by atoms with van der Waals surface area (Å²) in [5.41, 5.74) is 0. The average Bonchev–Trinajstić information content (AvgIpc) is 1.99. The molecule has 1 N–H and O–H groups in total. The number of hydrogen-bond donors (Lipinski definition) is 1. The fraction of sp³-hybridized carbons (Fsp3) is 0.778. The van der Waals surface area contributed by atoms with Gasteiger partial charge in [0.15, 0.2) is 0 Å². The predicted octanol–water partition coefficient (Wildman–Crippen LogP) is 1.81. The first-order chi connectivity index (χ1) is 4.85. The Morgan fingerprint density at radius 1 is 1.30 bits per heavy atom. The Balaban J connectivity index is 3.43. The van der Waals surface area contributed by atoms with Crippen LogP contribution in [0.25, 0.3) is 0 Å². The molecule has 1 nitrogen and oxygen atoms in total. The lowest BCUT2D eigenvalue weighted by Crippen LogP contribution is -2.02. The summed E-state index contributed by atoms with van der Waals surface area (Å²) < 4.78 is 0. The summed E-state index contributed by atoms with van der Waals surface area (Å²) in [4.78, 5) is 0. The van der Waals surface area contributed by atoms with Gasteiger partial charge in [-0.3, -0.25) is 0 Å². The molecule has 0 bridgehead atoms. The number of aliphatic hydroxyl groups excluding tert-OH is 1. The van der Waals surface area contributed by atoms with E-state index in [2.05, 4.69) is 18.8 Å². The molecule has 0 radical (unpaired) electrons. The molecule has 0 aromatic rings. The van der Waals surface area contributed by atoms with Gasteiger partial charge in [0, 0.05) is 19.4 Å². The van der Waals surface area contributed by atoms with Crippen molar-refractivity contribution >= 4 is 0 Å². The molecule has 0 saturated heterocycles. The van der Waals surface area contributed by atoms with E-state index in [1.165, 1.54) is 0 Å². The van der Waals surface area contributed by atoms with Gasteiger partial charge < -0.3 is 5.11 Å². The molecule has 0 amide bonds. The van der Waals surface area contributed by atoms with Crippen molar-refractivity contribution in [2.24, 2.45) is 5.92 Å². The van der Waals surface area contributed by atoms with Crippen molar-refractivity contribution < 1.29 is 5.11 Å². The Kier molecular flexibility index (Phi) is 6.32. The monoisotopic (exact) mass is 140 g/mol. The third kappa shape index (κ3) is 4.40. The summed E-state index contributed by atoms with van der Waals surface area (Å²) in [7, 11) is 0. The third-order valence-corrected chi connectivity index (χ3v) is 1.53. The Morgan fingerprint density at radius 3 is 2.40 bits per heavy atom. The van der Waals surface area contributed by atoms with Crippen LogP contribution < -0.4 is 0 Å². The Labute approximate surface area is 63.5 Å². The van der Waals surface area contributed by atoms with E-state index >= 15 is 0 Å². The molecule has 1 atom stereocenters. The van der Waals surface area contributed by atoms with Crippen LogP contribution in [0.4, 0.5) is 0 Å². The van der Waals surface area contributed by atoms with Gasteiger partial charge in [0.1, 0.15) is 0 Å². The van der Waals surface area contributed by atoms with Gasteiger partial charge in [-0.15, -0.1) is 11.8 Å². The molecule has 0 rings (SSSR count). The van der Waals surface area contributed by atoms with Gasteiger partial charge in [0.05, 0.1) is 0 Å². The quantitative estimate of drug-likeness (QED) is 0.593. The highest BCUT2D eigenvalue weighted by molar-refractivity contribution is 4.98. The van der Waals surface area contributed by atoms with Crippen molar-refractivity contribution in [3.63, 3.8) is 0 Å². The summed E-state index contributed by atoms with van der Waals surface area (Å²) in [5, 5.41) is 8.76. The smallest absolute Gasteiger partial charge is 0.0468 e. The SMILES string of the molecule is CCC#CCC(CC)CO. The Morgan fingerprint density at radius 2 is 2.00 bits per heavy atom. The zero-order valence-corrected chi connectivity index (χ0v) is 6.85. The summed E-state index contributed by atoms with van der Waals surface area (Å²) >= 11 is 0. The van der Waals surface area contributed by atoms with Crippen LogP contribution in [0.2, 0.25) is 0 Å². The lowest BCUT2D eigenvalue weighted by molar-refractivity contribution is 0.225. The number of hydrogen-bond acceptors (Lipinski definition) is 1. The molecule has 0 spiro atoms. The maximum absolute atomic E-state index is 8.76. The minimum absolute atomic E-state index is 0.273. The van der Waals surface area contributed by atoms with Crippen LogP contribution in [-0.4, -0.2) is 11.7 Å². The molecule has 0 aliphatic carbocycles. The normalized spacial score (nSPS) is 11.9. The maximum atomic E-state index is 8.76. The molecule has 0 aliphatic rings. The van der Waals surface area contributed by atoms with Crippen LogP contribution >= 0.6 is 0 Å². The molecular weight excluding hydrogens is 124 g/mol. The lowest BCUT2D eigenvalue weighted by atomic mass is 10.0. The van der Waals surface area contributed by atoms with Gasteiger partial charge in [-0.2, -0.15) is 0 Å². The van der Waals surface area contributed by atoms with E-state index in [9.17, 15) is 0 Å². The summed E-state index contributed by atoms with van der Waals surface area (Å²) in [5.74, 6) is 6.40. The third-order valence-electron chi connectivity index (χ3n) is 1.53. The molecule has 0 aromatic heterocycles. The van der Waals surface area contributed by atoms with E-state index < -0.39 is 0 Å². The highest BCUT2D eigenvalue weighted by Gasteiger charge is 1.99. The molecule has 0 saturated carbocycles. The fourth-order valence-electron chi connectivity index (χ4n) is 0.679. The predicted molar refractivity (Wildman–Crippen MR) is 43.6 cm³/mol. The van der Waals surface area contributed by atoms with Gasteiger partial charge in [0.2, 0.25) is 0 Å². The topological polar surface area (TPSA) is 20.2 Å². The van der Waals surface area contributed by atoms with Crippen molar-refractivity contribution in [3.05, 3.63) is 0 Å². The molecule has 1 unspecified atom stereocenters. The van der Waals surface area contributed by atoms with E-state index in [0.717, 1.165) is 19.3 Å². The van der Waals surface area contributed by atoms with Crippen LogP contribution in [0.5, 0.6) is 0 Å². The number of rotatable bonds is 3. The first kappa shape index (κ1) is 9.52. The van der Waals surface area contributed by atoms with Gasteiger partial charge in [-0.1, -0.05) is 20.3 Å².